The molecule has 2 aromatic rings. The number of ketones is 1. The second kappa shape index (κ2) is 7.30. The van der Waals surface area contributed by atoms with E-state index < -0.39 is 0 Å². The lowest BCUT2D eigenvalue weighted by Crippen LogP contribution is -2.21. The molecule has 1 heterocycles. The van der Waals surface area contributed by atoms with Crippen LogP contribution in [0.4, 0.5) is 11.5 Å². The predicted molar refractivity (Wildman–Crippen MR) is 90.5 cm³/mol. The molecule has 0 fully saturated rings. The Kier molecular flexibility index (Phi) is 5.18. The zero-order valence-corrected chi connectivity index (χ0v) is 13.6. The average Bonchev–Trinajstić information content (AvgIpc) is 2.93. The molecule has 1 aromatic carbocycles. The number of H-pyrrole nitrogens is 1. The molecule has 24 heavy (non-hydrogen) atoms. The van der Waals surface area contributed by atoms with Crippen LogP contribution in [0.1, 0.15) is 40.5 Å². The Hall–Kier alpha value is -3.32. The SMILES string of the molecule is CC(=O)c1ccc(C#N)cc1N(C)CCCc1[nH]nc(N)c1C#N. The number of nitriles is 2. The van der Waals surface area contributed by atoms with E-state index in [0.29, 0.717) is 35.3 Å². The van der Waals surface area contributed by atoms with Crippen molar-refractivity contribution in [3.63, 3.8) is 0 Å². The van der Waals surface area contributed by atoms with Gasteiger partial charge in [-0.3, -0.25) is 9.89 Å². The highest BCUT2D eigenvalue weighted by atomic mass is 16.1. The van der Waals surface area contributed by atoms with Gasteiger partial charge in [0.1, 0.15) is 11.6 Å². The van der Waals surface area contributed by atoms with Crippen LogP contribution in [0.15, 0.2) is 18.2 Å². The third-order valence-electron chi connectivity index (χ3n) is 3.82. The molecule has 0 unspecified atom stereocenters. The Morgan fingerprint density at radius 3 is 2.75 bits per heavy atom. The Bertz CT molecular complexity index is 840. The summed E-state index contributed by atoms with van der Waals surface area (Å²) in [6, 6.07) is 9.16. The van der Waals surface area contributed by atoms with Gasteiger partial charge in [0, 0.05) is 24.8 Å². The van der Waals surface area contributed by atoms with Crippen molar-refractivity contribution >= 4 is 17.3 Å². The van der Waals surface area contributed by atoms with Gasteiger partial charge < -0.3 is 10.6 Å². The summed E-state index contributed by atoms with van der Waals surface area (Å²) in [6.45, 7) is 2.16. The maximum atomic E-state index is 11.8. The summed E-state index contributed by atoms with van der Waals surface area (Å²) < 4.78 is 0. The second-order valence-corrected chi connectivity index (χ2v) is 5.50. The fraction of sp³-hybridized carbons (Fsp3) is 0.294. The molecule has 0 spiro atoms. The highest BCUT2D eigenvalue weighted by Crippen LogP contribution is 2.22. The molecule has 0 saturated carbocycles. The quantitative estimate of drug-likeness (QED) is 0.784. The molecule has 3 N–H and O–H groups in total. The van der Waals surface area contributed by atoms with E-state index >= 15 is 0 Å². The number of hydrogen-bond acceptors (Lipinski definition) is 6. The summed E-state index contributed by atoms with van der Waals surface area (Å²) in [5.74, 6) is 0.163. The number of benzene rings is 1. The van der Waals surface area contributed by atoms with Gasteiger partial charge in [0.2, 0.25) is 0 Å². The Morgan fingerprint density at radius 2 is 2.12 bits per heavy atom. The summed E-state index contributed by atoms with van der Waals surface area (Å²) in [6.07, 6.45) is 1.35. The molecule has 7 nitrogen and oxygen atoms in total. The van der Waals surface area contributed by atoms with Gasteiger partial charge in [0.15, 0.2) is 11.6 Å². The van der Waals surface area contributed by atoms with Gasteiger partial charge in [-0.15, -0.1) is 0 Å². The van der Waals surface area contributed by atoms with Gasteiger partial charge in [-0.1, -0.05) is 0 Å². The minimum absolute atomic E-state index is 0.0468. The maximum Gasteiger partial charge on any atom is 0.163 e. The molecular weight excluding hydrogens is 304 g/mol. The van der Waals surface area contributed by atoms with Crippen molar-refractivity contribution in [1.82, 2.24) is 10.2 Å². The third kappa shape index (κ3) is 3.53. The number of nitrogen functional groups attached to an aromatic ring is 1. The fourth-order valence-corrected chi connectivity index (χ4v) is 2.53. The number of aryl methyl sites for hydroxylation is 1. The number of nitrogens with two attached hydrogens (primary N) is 1. The number of carbonyl (C=O) groups is 1. The summed E-state index contributed by atoms with van der Waals surface area (Å²) >= 11 is 0. The molecule has 0 saturated heterocycles. The average molecular weight is 322 g/mol. The summed E-state index contributed by atoms with van der Waals surface area (Å²) in [5.41, 5.74) is 8.53. The topological polar surface area (TPSA) is 123 Å². The highest BCUT2D eigenvalue weighted by Gasteiger charge is 2.14. The number of nitrogens with one attached hydrogen (secondary N) is 1. The molecule has 1 aromatic heterocycles. The van der Waals surface area contributed by atoms with Gasteiger partial charge in [0.25, 0.3) is 0 Å². The first-order chi connectivity index (χ1) is 11.5. The number of aromatic nitrogens is 2. The standard InChI is InChI=1S/C17H18N6O/c1-11(24)13-6-5-12(9-18)8-16(13)23(2)7-3-4-15-14(10-19)17(20)22-21-15/h5-6,8H,3-4,7H2,1-2H3,(H3,20,21,22). The zero-order chi connectivity index (χ0) is 17.7. The smallest absolute Gasteiger partial charge is 0.163 e. The molecule has 7 heteroatoms. The van der Waals surface area contributed by atoms with Crippen LogP contribution in [0.3, 0.4) is 0 Å². The van der Waals surface area contributed by atoms with Crippen molar-refractivity contribution < 1.29 is 4.79 Å². The highest BCUT2D eigenvalue weighted by molar-refractivity contribution is 6.00. The number of Topliss-reactive ketones (excluding diaryl/α,β-unsaturated/α-hetero) is 1. The van der Waals surface area contributed by atoms with Gasteiger partial charge in [-0.05, 0) is 38.0 Å². The monoisotopic (exact) mass is 322 g/mol. The third-order valence-corrected chi connectivity index (χ3v) is 3.82. The number of anilines is 2. The Labute approximate surface area is 140 Å². The van der Waals surface area contributed by atoms with Crippen molar-refractivity contribution in [2.75, 3.05) is 24.2 Å². The number of carbonyl (C=O) groups excluding carboxylic acids is 1. The van der Waals surface area contributed by atoms with Gasteiger partial charge in [-0.2, -0.15) is 15.6 Å². The Balaban J connectivity index is 2.10. The molecule has 0 aliphatic carbocycles. The van der Waals surface area contributed by atoms with Crippen LogP contribution in [0.2, 0.25) is 0 Å². The normalized spacial score (nSPS) is 10.0. The number of nitrogens with zero attached hydrogens (tertiary/aromatic N) is 4. The first-order valence-electron chi connectivity index (χ1n) is 7.47. The minimum Gasteiger partial charge on any atom is -0.381 e. The van der Waals surface area contributed by atoms with E-state index in [-0.39, 0.29) is 11.6 Å². The predicted octanol–water partition coefficient (Wildman–Crippen LogP) is 2.01. The zero-order valence-electron chi connectivity index (χ0n) is 13.6. The first-order valence-corrected chi connectivity index (χ1v) is 7.47. The lowest BCUT2D eigenvalue weighted by Gasteiger charge is -2.22. The van der Waals surface area contributed by atoms with Crippen LogP contribution >= 0.6 is 0 Å². The van der Waals surface area contributed by atoms with Crippen LogP contribution in [0, 0.1) is 22.7 Å². The molecule has 2 rings (SSSR count). The van der Waals surface area contributed by atoms with E-state index in [0.717, 1.165) is 12.1 Å². The van der Waals surface area contributed by atoms with Crippen LogP contribution in [0.25, 0.3) is 0 Å². The summed E-state index contributed by atoms with van der Waals surface area (Å²) in [7, 11) is 1.87. The lowest BCUT2D eigenvalue weighted by molar-refractivity contribution is 0.101. The number of hydrogen-bond donors (Lipinski definition) is 2. The van der Waals surface area contributed by atoms with Crippen molar-refractivity contribution in [3.8, 4) is 12.1 Å². The number of rotatable bonds is 6. The van der Waals surface area contributed by atoms with Crippen LogP contribution in [0.5, 0.6) is 0 Å². The molecule has 0 amide bonds. The summed E-state index contributed by atoms with van der Waals surface area (Å²) in [5, 5.41) is 24.7. The van der Waals surface area contributed by atoms with Crippen LogP contribution in [-0.4, -0.2) is 29.6 Å². The largest absolute Gasteiger partial charge is 0.381 e. The van der Waals surface area contributed by atoms with E-state index in [1.165, 1.54) is 6.92 Å². The maximum absolute atomic E-state index is 11.8. The van der Waals surface area contributed by atoms with Gasteiger partial charge in [-0.25, -0.2) is 0 Å². The van der Waals surface area contributed by atoms with Crippen molar-refractivity contribution in [1.29, 1.82) is 10.5 Å². The molecule has 0 aliphatic heterocycles. The molecular formula is C17H18N6O. The van der Waals surface area contributed by atoms with Crippen molar-refractivity contribution in [2.45, 2.75) is 19.8 Å². The number of aromatic amines is 1. The van der Waals surface area contributed by atoms with Crippen LogP contribution < -0.4 is 10.6 Å². The fourth-order valence-electron chi connectivity index (χ4n) is 2.53. The van der Waals surface area contributed by atoms with Crippen LogP contribution in [-0.2, 0) is 6.42 Å². The van der Waals surface area contributed by atoms with E-state index in [2.05, 4.69) is 16.3 Å². The minimum atomic E-state index is -0.0468. The van der Waals surface area contributed by atoms with Gasteiger partial charge >= 0.3 is 0 Å². The lowest BCUT2D eigenvalue weighted by atomic mass is 10.0. The van der Waals surface area contributed by atoms with Crippen molar-refractivity contribution in [2.24, 2.45) is 0 Å². The van der Waals surface area contributed by atoms with E-state index in [4.69, 9.17) is 16.3 Å². The molecule has 0 radical (unpaired) electrons. The molecule has 0 atom stereocenters. The van der Waals surface area contributed by atoms with E-state index in [1.54, 1.807) is 18.2 Å². The molecule has 0 bridgehead atoms. The van der Waals surface area contributed by atoms with Crippen molar-refractivity contribution in [3.05, 3.63) is 40.6 Å². The molecule has 0 aliphatic rings. The van der Waals surface area contributed by atoms with Gasteiger partial charge in [0.05, 0.1) is 17.3 Å². The Morgan fingerprint density at radius 1 is 1.38 bits per heavy atom. The van der Waals surface area contributed by atoms with E-state index in [1.807, 2.05) is 18.0 Å². The second-order valence-electron chi connectivity index (χ2n) is 5.50. The summed E-state index contributed by atoms with van der Waals surface area (Å²) in [4.78, 5) is 13.7. The van der Waals surface area contributed by atoms with E-state index in [9.17, 15) is 4.79 Å². The first kappa shape index (κ1) is 17.0. The molecule has 122 valence electrons.